The quantitative estimate of drug-likeness (QED) is 0.827. The van der Waals surface area contributed by atoms with Gasteiger partial charge in [0.2, 0.25) is 0 Å². The van der Waals surface area contributed by atoms with E-state index in [1.807, 2.05) is 0 Å². The van der Waals surface area contributed by atoms with Crippen molar-refractivity contribution in [3.8, 4) is 0 Å². The first-order valence-electron chi connectivity index (χ1n) is 6.28. The molecule has 1 unspecified atom stereocenters. The Balaban J connectivity index is 2.33. The van der Waals surface area contributed by atoms with Crippen LogP contribution in [0.5, 0.6) is 0 Å². The Bertz CT molecular complexity index is 360. The second-order valence-electron chi connectivity index (χ2n) is 4.87. The van der Waals surface area contributed by atoms with E-state index in [0.29, 0.717) is 12.6 Å². The van der Waals surface area contributed by atoms with Crippen LogP contribution in [0.4, 0.5) is 5.69 Å². The molecule has 0 saturated carbocycles. The van der Waals surface area contributed by atoms with E-state index in [4.69, 9.17) is 5.73 Å². The summed E-state index contributed by atoms with van der Waals surface area (Å²) in [7, 11) is 0. The molecule has 1 saturated heterocycles. The molecule has 2 heteroatoms. The summed E-state index contributed by atoms with van der Waals surface area (Å²) in [6.07, 6.45) is 3.97. The van der Waals surface area contributed by atoms with Crippen molar-refractivity contribution in [3.05, 3.63) is 29.3 Å². The zero-order valence-electron chi connectivity index (χ0n) is 10.4. The van der Waals surface area contributed by atoms with Gasteiger partial charge in [-0.3, -0.25) is 0 Å². The van der Waals surface area contributed by atoms with Crippen LogP contribution in [-0.4, -0.2) is 12.6 Å². The highest BCUT2D eigenvalue weighted by Gasteiger charge is 2.20. The van der Waals surface area contributed by atoms with Gasteiger partial charge in [-0.15, -0.1) is 0 Å². The first kappa shape index (κ1) is 11.5. The molecule has 1 heterocycles. The number of hydrogen-bond donors (Lipinski definition) is 1. The number of nitrogens with zero attached hydrogens (tertiary/aromatic N) is 1. The topological polar surface area (TPSA) is 29.3 Å². The third kappa shape index (κ3) is 2.22. The van der Waals surface area contributed by atoms with Gasteiger partial charge in [0.25, 0.3) is 0 Å². The number of benzene rings is 1. The molecule has 88 valence electrons. The Morgan fingerprint density at radius 1 is 1.38 bits per heavy atom. The van der Waals surface area contributed by atoms with Crippen LogP contribution in [0.15, 0.2) is 18.2 Å². The average Bonchev–Trinajstić information content (AvgIpc) is 2.29. The molecule has 0 radical (unpaired) electrons. The zero-order chi connectivity index (χ0) is 11.5. The third-order valence-corrected chi connectivity index (χ3v) is 3.57. The molecular formula is C14H22N2. The van der Waals surface area contributed by atoms with E-state index in [1.165, 1.54) is 42.6 Å². The Hall–Kier alpha value is -1.02. The maximum absolute atomic E-state index is 5.83. The summed E-state index contributed by atoms with van der Waals surface area (Å²) in [5.74, 6) is 0. The van der Waals surface area contributed by atoms with Crippen LogP contribution >= 0.6 is 0 Å². The lowest BCUT2D eigenvalue weighted by Gasteiger charge is -2.36. The van der Waals surface area contributed by atoms with Gasteiger partial charge < -0.3 is 10.6 Å². The van der Waals surface area contributed by atoms with Crippen LogP contribution in [-0.2, 0) is 6.54 Å². The average molecular weight is 218 g/mol. The predicted octanol–water partition coefficient (Wildman–Crippen LogP) is 2.83. The van der Waals surface area contributed by atoms with Gasteiger partial charge in [-0.1, -0.05) is 12.1 Å². The van der Waals surface area contributed by atoms with Gasteiger partial charge in [-0.05, 0) is 50.3 Å². The maximum atomic E-state index is 5.83. The Labute approximate surface area is 98.4 Å². The van der Waals surface area contributed by atoms with Crippen LogP contribution < -0.4 is 10.6 Å². The smallest absolute Gasteiger partial charge is 0.0416 e. The van der Waals surface area contributed by atoms with Gasteiger partial charge in [0.15, 0.2) is 0 Å². The fourth-order valence-corrected chi connectivity index (χ4v) is 2.57. The van der Waals surface area contributed by atoms with E-state index < -0.39 is 0 Å². The molecule has 16 heavy (non-hydrogen) atoms. The summed E-state index contributed by atoms with van der Waals surface area (Å²) < 4.78 is 0. The summed E-state index contributed by atoms with van der Waals surface area (Å²) >= 11 is 0. The Morgan fingerprint density at radius 2 is 2.19 bits per heavy atom. The largest absolute Gasteiger partial charge is 0.369 e. The molecule has 2 nitrogen and oxygen atoms in total. The lowest BCUT2D eigenvalue weighted by atomic mass is 10.00. The fourth-order valence-electron chi connectivity index (χ4n) is 2.57. The lowest BCUT2D eigenvalue weighted by Crippen LogP contribution is -2.38. The van der Waals surface area contributed by atoms with Crippen LogP contribution in [0.2, 0.25) is 0 Å². The van der Waals surface area contributed by atoms with Crippen LogP contribution in [0, 0.1) is 6.92 Å². The van der Waals surface area contributed by atoms with Crippen molar-refractivity contribution in [3.63, 3.8) is 0 Å². The summed E-state index contributed by atoms with van der Waals surface area (Å²) in [6, 6.07) is 7.26. The Kier molecular flexibility index (Phi) is 3.49. The van der Waals surface area contributed by atoms with Gasteiger partial charge in [-0.2, -0.15) is 0 Å². The number of rotatable bonds is 2. The molecule has 1 aliphatic heterocycles. The van der Waals surface area contributed by atoms with Crippen molar-refractivity contribution in [2.24, 2.45) is 5.73 Å². The Morgan fingerprint density at radius 3 is 2.88 bits per heavy atom. The van der Waals surface area contributed by atoms with Crippen molar-refractivity contribution >= 4 is 5.69 Å². The SMILES string of the molecule is Cc1ccc(CN)c(N2CCCCC2C)c1. The molecule has 0 bridgehead atoms. The molecule has 1 aromatic carbocycles. The van der Waals surface area contributed by atoms with E-state index in [-0.39, 0.29) is 0 Å². The van der Waals surface area contributed by atoms with E-state index in [0.717, 1.165) is 0 Å². The minimum absolute atomic E-state index is 0.638. The number of nitrogens with two attached hydrogens (primary N) is 1. The molecule has 2 rings (SSSR count). The molecule has 1 aliphatic rings. The summed E-state index contributed by atoms with van der Waals surface area (Å²) in [6.45, 7) is 6.29. The number of aryl methyl sites for hydroxylation is 1. The van der Waals surface area contributed by atoms with E-state index in [9.17, 15) is 0 Å². The van der Waals surface area contributed by atoms with Crippen LogP contribution in [0.25, 0.3) is 0 Å². The minimum Gasteiger partial charge on any atom is -0.369 e. The van der Waals surface area contributed by atoms with E-state index in [2.05, 4.69) is 36.9 Å². The highest BCUT2D eigenvalue weighted by Crippen LogP contribution is 2.28. The second-order valence-corrected chi connectivity index (χ2v) is 4.87. The first-order valence-corrected chi connectivity index (χ1v) is 6.28. The van der Waals surface area contributed by atoms with Gasteiger partial charge >= 0.3 is 0 Å². The molecule has 0 aromatic heterocycles. The standard InChI is InChI=1S/C14H22N2/c1-11-6-7-13(10-15)14(9-11)16-8-4-3-5-12(16)2/h6-7,9,12H,3-5,8,10,15H2,1-2H3. The van der Waals surface area contributed by atoms with Gasteiger partial charge in [0, 0.05) is 24.8 Å². The summed E-state index contributed by atoms with van der Waals surface area (Å²) in [5.41, 5.74) is 9.78. The third-order valence-electron chi connectivity index (χ3n) is 3.57. The lowest BCUT2D eigenvalue weighted by molar-refractivity contribution is 0.483. The second kappa shape index (κ2) is 4.88. The van der Waals surface area contributed by atoms with Gasteiger partial charge in [0.1, 0.15) is 0 Å². The number of anilines is 1. The molecule has 2 N–H and O–H groups in total. The van der Waals surface area contributed by atoms with Crippen molar-refractivity contribution < 1.29 is 0 Å². The molecule has 1 fully saturated rings. The van der Waals surface area contributed by atoms with Crippen LogP contribution in [0.1, 0.15) is 37.3 Å². The fraction of sp³-hybridized carbons (Fsp3) is 0.571. The molecule has 1 aromatic rings. The van der Waals surface area contributed by atoms with Crippen molar-refractivity contribution in [2.75, 3.05) is 11.4 Å². The number of piperidine rings is 1. The summed E-state index contributed by atoms with van der Waals surface area (Å²) in [5, 5.41) is 0. The van der Waals surface area contributed by atoms with E-state index in [1.54, 1.807) is 0 Å². The van der Waals surface area contributed by atoms with Crippen molar-refractivity contribution in [1.82, 2.24) is 0 Å². The molecular weight excluding hydrogens is 196 g/mol. The summed E-state index contributed by atoms with van der Waals surface area (Å²) in [4.78, 5) is 2.53. The molecule has 0 spiro atoms. The maximum Gasteiger partial charge on any atom is 0.0416 e. The van der Waals surface area contributed by atoms with Crippen molar-refractivity contribution in [1.29, 1.82) is 0 Å². The molecule has 0 amide bonds. The first-order chi connectivity index (χ1) is 7.72. The van der Waals surface area contributed by atoms with Crippen molar-refractivity contribution in [2.45, 2.75) is 45.7 Å². The zero-order valence-corrected chi connectivity index (χ0v) is 10.4. The molecule has 0 aliphatic carbocycles. The number of hydrogen-bond acceptors (Lipinski definition) is 2. The molecule has 1 atom stereocenters. The van der Waals surface area contributed by atoms with Crippen LogP contribution in [0.3, 0.4) is 0 Å². The normalized spacial score (nSPS) is 21.2. The van der Waals surface area contributed by atoms with Gasteiger partial charge in [-0.25, -0.2) is 0 Å². The predicted molar refractivity (Wildman–Crippen MR) is 69.7 cm³/mol. The van der Waals surface area contributed by atoms with Gasteiger partial charge in [0.05, 0.1) is 0 Å². The van der Waals surface area contributed by atoms with E-state index >= 15 is 0 Å². The minimum atomic E-state index is 0.638. The highest BCUT2D eigenvalue weighted by molar-refractivity contribution is 5.56. The highest BCUT2D eigenvalue weighted by atomic mass is 15.2. The monoisotopic (exact) mass is 218 g/mol.